The third kappa shape index (κ3) is 1.95. The minimum Gasteiger partial charge on any atom is -0.392 e. The van der Waals surface area contributed by atoms with Gasteiger partial charge in [0.25, 0.3) is 0 Å². The zero-order valence-corrected chi connectivity index (χ0v) is 10.1. The summed E-state index contributed by atoms with van der Waals surface area (Å²) in [5, 5.41) is 3.06. The molecule has 0 aromatic heterocycles. The molecule has 3 aliphatic carbocycles. The molecule has 0 saturated heterocycles. The van der Waals surface area contributed by atoms with E-state index in [-0.39, 0.29) is 17.9 Å². The molecule has 3 N–H and O–H groups in total. The molecule has 0 spiro atoms. The third-order valence-electron chi connectivity index (χ3n) is 4.31. The van der Waals surface area contributed by atoms with Crippen LogP contribution in [0, 0.1) is 23.7 Å². The SMILES string of the molecule is NC(=S)C(NC(=O)C1CC2CC2C1)C1CC1. The van der Waals surface area contributed by atoms with Crippen molar-refractivity contribution < 1.29 is 4.79 Å². The Labute approximate surface area is 101 Å². The predicted octanol–water partition coefficient (Wildman–Crippen LogP) is 1.21. The van der Waals surface area contributed by atoms with Gasteiger partial charge in [-0.2, -0.15) is 0 Å². The van der Waals surface area contributed by atoms with Crippen LogP contribution >= 0.6 is 12.2 Å². The highest BCUT2D eigenvalue weighted by Gasteiger charge is 2.48. The lowest BCUT2D eigenvalue weighted by Gasteiger charge is -2.20. The number of thiocarbonyl (C=S) groups is 1. The van der Waals surface area contributed by atoms with Crippen LogP contribution in [0.4, 0.5) is 0 Å². The maximum Gasteiger partial charge on any atom is 0.223 e. The van der Waals surface area contributed by atoms with Crippen molar-refractivity contribution in [1.29, 1.82) is 0 Å². The molecule has 3 unspecified atom stereocenters. The molecule has 0 radical (unpaired) electrons. The largest absolute Gasteiger partial charge is 0.392 e. The second-order valence-electron chi connectivity index (χ2n) is 5.65. The van der Waals surface area contributed by atoms with E-state index in [1.165, 1.54) is 6.42 Å². The van der Waals surface area contributed by atoms with Crippen molar-refractivity contribution in [2.75, 3.05) is 0 Å². The Kier molecular flexibility index (Phi) is 2.42. The molecule has 3 fully saturated rings. The summed E-state index contributed by atoms with van der Waals surface area (Å²) in [6.45, 7) is 0. The van der Waals surface area contributed by atoms with E-state index in [1.807, 2.05) is 0 Å². The number of hydrogen-bond acceptors (Lipinski definition) is 2. The number of rotatable bonds is 4. The summed E-state index contributed by atoms with van der Waals surface area (Å²) in [6, 6.07) is -0.0422. The molecule has 3 rings (SSSR count). The molecular weight excluding hydrogens is 220 g/mol. The van der Waals surface area contributed by atoms with Crippen molar-refractivity contribution in [1.82, 2.24) is 5.32 Å². The third-order valence-corrected chi connectivity index (χ3v) is 4.57. The van der Waals surface area contributed by atoms with E-state index in [9.17, 15) is 4.79 Å². The Morgan fingerprint density at radius 2 is 1.88 bits per heavy atom. The minimum absolute atomic E-state index is 0.0422. The van der Waals surface area contributed by atoms with Gasteiger partial charge < -0.3 is 11.1 Å². The van der Waals surface area contributed by atoms with Gasteiger partial charge >= 0.3 is 0 Å². The van der Waals surface area contributed by atoms with E-state index < -0.39 is 0 Å². The molecule has 0 bridgehead atoms. The Bertz CT molecular complexity index is 330. The Morgan fingerprint density at radius 3 is 2.38 bits per heavy atom. The number of amides is 1. The Morgan fingerprint density at radius 1 is 1.25 bits per heavy atom. The average Bonchev–Trinajstić information content (AvgIpc) is 3.15. The highest BCUT2D eigenvalue weighted by atomic mass is 32.1. The van der Waals surface area contributed by atoms with Crippen LogP contribution in [-0.2, 0) is 4.79 Å². The number of hydrogen-bond donors (Lipinski definition) is 2. The van der Waals surface area contributed by atoms with Crippen LogP contribution < -0.4 is 11.1 Å². The first-order chi connectivity index (χ1) is 7.65. The van der Waals surface area contributed by atoms with E-state index in [4.69, 9.17) is 18.0 Å². The van der Waals surface area contributed by atoms with Crippen LogP contribution in [0.3, 0.4) is 0 Å². The summed E-state index contributed by atoms with van der Waals surface area (Å²) in [6.07, 6.45) is 5.83. The number of fused-ring (bicyclic) bond motifs is 1. The van der Waals surface area contributed by atoms with Gasteiger partial charge in [-0.15, -0.1) is 0 Å². The molecule has 0 heterocycles. The van der Waals surface area contributed by atoms with Gasteiger partial charge in [-0.05, 0) is 49.9 Å². The van der Waals surface area contributed by atoms with E-state index in [2.05, 4.69) is 5.32 Å². The summed E-state index contributed by atoms with van der Waals surface area (Å²) in [5.74, 6) is 2.63. The van der Waals surface area contributed by atoms with Crippen LogP contribution in [0.15, 0.2) is 0 Å². The van der Waals surface area contributed by atoms with Crippen LogP contribution in [0.1, 0.15) is 32.1 Å². The average molecular weight is 238 g/mol. The standard InChI is InChI=1S/C12H18N2OS/c13-11(16)10(6-1-2-6)14-12(15)9-4-7-3-8(7)5-9/h6-10H,1-5H2,(H2,13,16)(H,14,15). The van der Waals surface area contributed by atoms with Crippen molar-refractivity contribution in [3.8, 4) is 0 Å². The van der Waals surface area contributed by atoms with E-state index >= 15 is 0 Å². The summed E-state index contributed by atoms with van der Waals surface area (Å²) in [4.78, 5) is 12.5. The predicted molar refractivity (Wildman–Crippen MR) is 65.8 cm³/mol. The second-order valence-corrected chi connectivity index (χ2v) is 6.12. The lowest BCUT2D eigenvalue weighted by Crippen LogP contribution is -2.47. The van der Waals surface area contributed by atoms with Crippen molar-refractivity contribution in [2.45, 2.75) is 38.1 Å². The zero-order chi connectivity index (χ0) is 11.3. The van der Waals surface area contributed by atoms with Gasteiger partial charge in [0.1, 0.15) is 0 Å². The Hall–Kier alpha value is -0.640. The summed E-state index contributed by atoms with van der Waals surface area (Å²) >= 11 is 5.02. The highest BCUT2D eigenvalue weighted by Crippen LogP contribution is 2.54. The number of nitrogens with two attached hydrogens (primary N) is 1. The maximum absolute atomic E-state index is 12.0. The first-order valence-corrected chi connectivity index (χ1v) is 6.65. The van der Waals surface area contributed by atoms with Crippen LogP contribution in [0.5, 0.6) is 0 Å². The molecule has 1 amide bonds. The van der Waals surface area contributed by atoms with Crippen molar-refractivity contribution in [3.05, 3.63) is 0 Å². The van der Waals surface area contributed by atoms with Gasteiger partial charge in [0.15, 0.2) is 0 Å². The minimum atomic E-state index is -0.0422. The van der Waals surface area contributed by atoms with E-state index in [0.29, 0.717) is 10.9 Å². The molecular formula is C12H18N2OS. The van der Waals surface area contributed by atoms with Crippen molar-refractivity contribution in [2.24, 2.45) is 29.4 Å². The normalized spacial score (nSPS) is 37.6. The van der Waals surface area contributed by atoms with Crippen molar-refractivity contribution in [3.63, 3.8) is 0 Å². The molecule has 3 saturated carbocycles. The topological polar surface area (TPSA) is 55.1 Å². The molecule has 4 heteroatoms. The van der Waals surface area contributed by atoms with E-state index in [1.54, 1.807) is 0 Å². The summed E-state index contributed by atoms with van der Waals surface area (Å²) in [5.41, 5.74) is 5.68. The van der Waals surface area contributed by atoms with E-state index in [0.717, 1.165) is 37.5 Å². The van der Waals surface area contributed by atoms with Gasteiger partial charge in [0, 0.05) is 5.92 Å². The van der Waals surface area contributed by atoms with Gasteiger partial charge in [-0.25, -0.2) is 0 Å². The molecule has 0 aromatic rings. The van der Waals surface area contributed by atoms with Crippen LogP contribution in [0.25, 0.3) is 0 Å². The fourth-order valence-corrected chi connectivity index (χ4v) is 3.30. The van der Waals surface area contributed by atoms with Gasteiger partial charge in [-0.1, -0.05) is 12.2 Å². The monoisotopic (exact) mass is 238 g/mol. The number of carbonyl (C=O) groups is 1. The second kappa shape index (κ2) is 3.69. The maximum atomic E-state index is 12.0. The summed E-state index contributed by atoms with van der Waals surface area (Å²) < 4.78 is 0. The first kappa shape index (κ1) is 10.5. The van der Waals surface area contributed by atoms with Gasteiger partial charge in [0.2, 0.25) is 5.91 Å². The molecule has 88 valence electrons. The highest BCUT2D eigenvalue weighted by molar-refractivity contribution is 7.80. The molecule has 0 aromatic carbocycles. The smallest absolute Gasteiger partial charge is 0.223 e. The lowest BCUT2D eigenvalue weighted by molar-refractivity contribution is -0.125. The molecule has 0 aliphatic heterocycles. The summed E-state index contributed by atoms with van der Waals surface area (Å²) in [7, 11) is 0. The fraction of sp³-hybridized carbons (Fsp3) is 0.833. The quantitative estimate of drug-likeness (QED) is 0.724. The van der Waals surface area contributed by atoms with Crippen LogP contribution in [-0.4, -0.2) is 16.9 Å². The number of carbonyl (C=O) groups excluding carboxylic acids is 1. The lowest BCUT2D eigenvalue weighted by atomic mass is 10.0. The number of nitrogens with one attached hydrogen (secondary N) is 1. The molecule has 3 nitrogen and oxygen atoms in total. The molecule has 3 atom stereocenters. The Balaban J connectivity index is 1.56. The first-order valence-electron chi connectivity index (χ1n) is 6.25. The van der Waals surface area contributed by atoms with Crippen molar-refractivity contribution >= 4 is 23.1 Å². The fourth-order valence-electron chi connectivity index (χ4n) is 3.05. The zero-order valence-electron chi connectivity index (χ0n) is 9.32. The van der Waals surface area contributed by atoms with Crippen LogP contribution in [0.2, 0.25) is 0 Å². The van der Waals surface area contributed by atoms with Gasteiger partial charge in [-0.3, -0.25) is 4.79 Å². The molecule has 16 heavy (non-hydrogen) atoms. The van der Waals surface area contributed by atoms with Gasteiger partial charge in [0.05, 0.1) is 11.0 Å². The molecule has 3 aliphatic rings.